The topological polar surface area (TPSA) is 68.1 Å². The molecule has 1 aliphatic heterocycles. The number of thioether (sulfide) groups is 1. The molecule has 1 saturated heterocycles. The lowest BCUT2D eigenvalue weighted by Crippen LogP contribution is -2.30. The van der Waals surface area contributed by atoms with Gasteiger partial charge in [-0.05, 0) is 37.9 Å². The molecule has 1 atom stereocenters. The van der Waals surface area contributed by atoms with E-state index in [0.717, 1.165) is 33.4 Å². The van der Waals surface area contributed by atoms with E-state index >= 15 is 0 Å². The minimum atomic E-state index is -0.376. The van der Waals surface area contributed by atoms with E-state index in [-0.39, 0.29) is 23.0 Å². The number of aromatic nitrogens is 1. The van der Waals surface area contributed by atoms with Gasteiger partial charge in [0.25, 0.3) is 5.69 Å². The van der Waals surface area contributed by atoms with Gasteiger partial charge in [-0.3, -0.25) is 10.1 Å². The molecule has 0 spiro atoms. The van der Waals surface area contributed by atoms with E-state index in [1.54, 1.807) is 41.3 Å². The first-order valence-electron chi connectivity index (χ1n) is 6.61. The molecule has 5 nitrogen and oxygen atoms in total. The molecule has 1 unspecified atom stereocenters. The number of fused-ring (bicyclic) bond motifs is 1. The smallest absolute Gasteiger partial charge is 0.271 e. The van der Waals surface area contributed by atoms with E-state index in [0.29, 0.717) is 5.92 Å². The monoisotopic (exact) mass is 345 g/mol. The molecular formula is C13H16ClN3O2S2. The van der Waals surface area contributed by atoms with Crippen LogP contribution >= 0.6 is 35.5 Å². The fourth-order valence-corrected chi connectivity index (χ4v) is 4.54. The van der Waals surface area contributed by atoms with Crippen molar-refractivity contribution < 1.29 is 4.92 Å². The number of thiazole rings is 1. The highest BCUT2D eigenvalue weighted by atomic mass is 35.5. The van der Waals surface area contributed by atoms with Crippen molar-refractivity contribution in [3.8, 4) is 0 Å². The van der Waals surface area contributed by atoms with Gasteiger partial charge >= 0.3 is 0 Å². The molecule has 8 heteroatoms. The van der Waals surface area contributed by atoms with Crippen LogP contribution in [0.2, 0.25) is 0 Å². The first kappa shape index (κ1) is 16.5. The van der Waals surface area contributed by atoms with Crippen molar-refractivity contribution in [1.82, 2.24) is 10.3 Å². The summed E-state index contributed by atoms with van der Waals surface area (Å²) in [6, 6.07) is 4.88. The summed E-state index contributed by atoms with van der Waals surface area (Å²) in [5.74, 6) is 1.77. The standard InChI is InChI=1S/C13H15N3O2S2.ClH/c17-16(18)10-3-4-12-11(6-10)15-13(20-12)19-8-9-2-1-5-14-7-9;/h3-4,6,9,14H,1-2,5,7-8H2;1H. The van der Waals surface area contributed by atoms with Crippen LogP contribution in [0.3, 0.4) is 0 Å². The van der Waals surface area contributed by atoms with E-state index in [1.807, 2.05) is 0 Å². The van der Waals surface area contributed by atoms with E-state index in [4.69, 9.17) is 0 Å². The molecule has 21 heavy (non-hydrogen) atoms. The SMILES string of the molecule is Cl.O=[N+]([O-])c1ccc2sc(SCC3CCCNC3)nc2c1. The molecule has 114 valence electrons. The summed E-state index contributed by atoms with van der Waals surface area (Å²) in [6.45, 7) is 2.22. The lowest BCUT2D eigenvalue weighted by molar-refractivity contribution is -0.384. The maximum atomic E-state index is 10.8. The third-order valence-electron chi connectivity index (χ3n) is 3.40. The van der Waals surface area contributed by atoms with Crippen LogP contribution in [0.1, 0.15) is 12.8 Å². The molecule has 0 radical (unpaired) electrons. The Morgan fingerprint density at radius 2 is 2.38 bits per heavy atom. The highest BCUT2D eigenvalue weighted by Crippen LogP contribution is 2.33. The molecule has 0 aliphatic carbocycles. The fraction of sp³-hybridized carbons (Fsp3) is 0.462. The molecule has 1 aromatic carbocycles. The van der Waals surface area contributed by atoms with Crippen molar-refractivity contribution in [2.24, 2.45) is 5.92 Å². The van der Waals surface area contributed by atoms with Gasteiger partial charge in [0.2, 0.25) is 0 Å². The first-order chi connectivity index (χ1) is 9.72. The number of piperidine rings is 1. The van der Waals surface area contributed by atoms with Crippen LogP contribution in [0.5, 0.6) is 0 Å². The average Bonchev–Trinajstić information content (AvgIpc) is 2.88. The van der Waals surface area contributed by atoms with Gasteiger partial charge in [0.05, 0.1) is 15.1 Å². The summed E-state index contributed by atoms with van der Waals surface area (Å²) in [4.78, 5) is 14.9. The van der Waals surface area contributed by atoms with Crippen molar-refractivity contribution in [3.05, 3.63) is 28.3 Å². The molecule has 0 amide bonds. The third kappa shape index (κ3) is 4.06. The quantitative estimate of drug-likeness (QED) is 0.519. The van der Waals surface area contributed by atoms with Crippen LogP contribution in [-0.4, -0.2) is 28.7 Å². The number of non-ortho nitro benzene ring substituents is 1. The number of hydrogen-bond donors (Lipinski definition) is 1. The molecule has 2 aromatic rings. The van der Waals surface area contributed by atoms with Gasteiger partial charge in [0, 0.05) is 17.9 Å². The number of rotatable bonds is 4. The third-order valence-corrected chi connectivity index (χ3v) is 5.81. The van der Waals surface area contributed by atoms with Crippen molar-refractivity contribution in [3.63, 3.8) is 0 Å². The molecule has 1 N–H and O–H groups in total. The second-order valence-corrected chi connectivity index (χ2v) is 7.21. The number of halogens is 1. The lowest BCUT2D eigenvalue weighted by atomic mass is 10.0. The summed E-state index contributed by atoms with van der Waals surface area (Å²) in [5.41, 5.74) is 0.837. The maximum Gasteiger partial charge on any atom is 0.271 e. The second-order valence-electron chi connectivity index (χ2n) is 4.91. The Labute approximate surface area is 137 Å². The molecule has 0 saturated carbocycles. The van der Waals surface area contributed by atoms with Gasteiger partial charge in [-0.25, -0.2) is 4.98 Å². The van der Waals surface area contributed by atoms with Crippen molar-refractivity contribution in [2.75, 3.05) is 18.8 Å². The molecule has 3 rings (SSSR count). The van der Waals surface area contributed by atoms with Crippen molar-refractivity contribution in [2.45, 2.75) is 17.2 Å². The number of nitro groups is 1. The Hall–Kier alpha value is -0.890. The van der Waals surface area contributed by atoms with Crippen LogP contribution < -0.4 is 5.32 Å². The maximum absolute atomic E-state index is 10.8. The number of nitro benzene ring substituents is 1. The summed E-state index contributed by atoms with van der Waals surface area (Å²) < 4.78 is 2.02. The van der Waals surface area contributed by atoms with Crippen LogP contribution in [0.25, 0.3) is 10.2 Å². The molecular weight excluding hydrogens is 330 g/mol. The Kier molecular flexibility index (Phi) is 5.80. The number of nitrogens with zero attached hydrogens (tertiary/aromatic N) is 2. The first-order valence-corrected chi connectivity index (χ1v) is 8.41. The molecule has 0 bridgehead atoms. The van der Waals surface area contributed by atoms with Gasteiger partial charge < -0.3 is 5.32 Å². The largest absolute Gasteiger partial charge is 0.316 e. The van der Waals surface area contributed by atoms with Gasteiger partial charge in [-0.15, -0.1) is 23.7 Å². The van der Waals surface area contributed by atoms with E-state index in [9.17, 15) is 10.1 Å². The van der Waals surface area contributed by atoms with Gasteiger partial charge in [0.15, 0.2) is 4.34 Å². The van der Waals surface area contributed by atoms with Crippen LogP contribution in [-0.2, 0) is 0 Å². The minimum absolute atomic E-state index is 0. The normalized spacial score (nSPS) is 18.4. The molecule has 2 heterocycles. The average molecular weight is 346 g/mol. The zero-order valence-electron chi connectivity index (χ0n) is 11.3. The summed E-state index contributed by atoms with van der Waals surface area (Å²) >= 11 is 3.38. The van der Waals surface area contributed by atoms with Crippen LogP contribution in [0.4, 0.5) is 5.69 Å². The van der Waals surface area contributed by atoms with Gasteiger partial charge in [0.1, 0.15) is 0 Å². The van der Waals surface area contributed by atoms with Crippen LogP contribution in [0, 0.1) is 16.0 Å². The number of hydrogen-bond acceptors (Lipinski definition) is 6. The van der Waals surface area contributed by atoms with E-state index in [2.05, 4.69) is 10.3 Å². The highest BCUT2D eigenvalue weighted by Gasteiger charge is 2.15. The zero-order valence-corrected chi connectivity index (χ0v) is 13.7. The van der Waals surface area contributed by atoms with Gasteiger partial charge in [-0.1, -0.05) is 11.8 Å². The Morgan fingerprint density at radius 1 is 1.52 bits per heavy atom. The molecule has 1 fully saturated rings. The lowest BCUT2D eigenvalue weighted by Gasteiger charge is -2.21. The highest BCUT2D eigenvalue weighted by molar-refractivity contribution is 8.01. The number of benzene rings is 1. The zero-order chi connectivity index (χ0) is 13.9. The Morgan fingerprint density at radius 3 is 3.10 bits per heavy atom. The van der Waals surface area contributed by atoms with E-state index in [1.165, 1.54) is 12.8 Å². The summed E-state index contributed by atoms with van der Waals surface area (Å²) in [5, 5.41) is 14.2. The van der Waals surface area contributed by atoms with E-state index < -0.39 is 0 Å². The molecule has 1 aliphatic rings. The summed E-state index contributed by atoms with van der Waals surface area (Å²) in [7, 11) is 0. The second kappa shape index (κ2) is 7.40. The number of nitrogens with one attached hydrogen (secondary N) is 1. The Balaban J connectivity index is 0.00000161. The predicted molar refractivity (Wildman–Crippen MR) is 89.8 cm³/mol. The van der Waals surface area contributed by atoms with Crippen molar-refractivity contribution >= 4 is 51.4 Å². The fourth-order valence-electron chi connectivity index (χ4n) is 2.33. The van der Waals surface area contributed by atoms with Gasteiger partial charge in [-0.2, -0.15) is 0 Å². The minimum Gasteiger partial charge on any atom is -0.316 e. The Bertz CT molecular complexity index is 629. The van der Waals surface area contributed by atoms with Crippen LogP contribution in [0.15, 0.2) is 22.5 Å². The predicted octanol–water partition coefficient (Wildman–Crippen LogP) is 3.72. The van der Waals surface area contributed by atoms with Crippen molar-refractivity contribution in [1.29, 1.82) is 0 Å². The molecule has 1 aromatic heterocycles. The summed E-state index contributed by atoms with van der Waals surface area (Å²) in [6.07, 6.45) is 2.52.